The van der Waals surface area contributed by atoms with Crippen molar-refractivity contribution in [2.24, 2.45) is 0 Å². The molecule has 0 bridgehead atoms. The standard InChI is InChI=1S/4CHF3O3S.BH3O3.7HI/c4*2-1(3,4)8(5,6)7;2-1(3)4;;;;;;;/h4*(H,5,6,7);2-4H;7*1H. The molecule has 0 spiro atoms. The zero-order chi connectivity index (χ0) is 31.6. The van der Waals surface area contributed by atoms with Gasteiger partial charge in [-0.25, -0.2) is 0 Å². The molecule has 39 heteroatoms. The van der Waals surface area contributed by atoms with Crippen LogP contribution in [0.3, 0.4) is 0 Å². The normalized spacial score (nSPS) is 11.0. The van der Waals surface area contributed by atoms with Gasteiger partial charge in [-0.05, 0) is 0 Å². The minimum absolute atomic E-state index is 0. The number of hydrogen-bond donors (Lipinski definition) is 7. The first-order valence-corrected chi connectivity index (χ1v) is 11.7. The monoisotopic (exact) mass is 1560 g/mol. The molecule has 0 heterocycles. The van der Waals surface area contributed by atoms with Crippen LogP contribution in [0.15, 0.2) is 0 Å². The van der Waals surface area contributed by atoms with Crippen LogP contribution >= 0.6 is 168 Å². The molecule has 0 aliphatic carbocycles. The first-order chi connectivity index (χ1) is 14.7. The largest absolute Gasteiger partial charge is 0.631 e. The van der Waals surface area contributed by atoms with Gasteiger partial charge in [-0.2, -0.15) is 86.4 Å². The van der Waals surface area contributed by atoms with E-state index in [1.54, 1.807) is 0 Å². The van der Waals surface area contributed by atoms with Crippen LogP contribution in [0.25, 0.3) is 0 Å². The van der Waals surface area contributed by atoms with Crippen molar-refractivity contribution in [1.29, 1.82) is 0 Å². The molecule has 15 nitrogen and oxygen atoms in total. The van der Waals surface area contributed by atoms with E-state index < -0.39 is 69.8 Å². The van der Waals surface area contributed by atoms with E-state index >= 15 is 0 Å². The number of halogens is 19. The second kappa shape index (κ2) is 30.7. The highest BCUT2D eigenvalue weighted by Crippen LogP contribution is 2.22. The van der Waals surface area contributed by atoms with Crippen molar-refractivity contribution in [3.63, 3.8) is 0 Å². The molecule has 0 unspecified atom stereocenters. The summed E-state index contributed by atoms with van der Waals surface area (Å²) in [4.78, 5) is 0. The average Bonchev–Trinajstić information content (AvgIpc) is 2.39. The van der Waals surface area contributed by atoms with Gasteiger partial charge in [-0.1, -0.05) is 0 Å². The number of rotatable bonds is 0. The van der Waals surface area contributed by atoms with Crippen LogP contribution in [-0.2, 0) is 40.5 Å². The van der Waals surface area contributed by atoms with Crippen LogP contribution in [-0.4, -0.2) is 96.3 Å². The van der Waals surface area contributed by atoms with Gasteiger partial charge in [0, 0.05) is 0 Å². The summed E-state index contributed by atoms with van der Waals surface area (Å²) in [7, 11) is -25.5. The van der Waals surface area contributed by atoms with E-state index in [9.17, 15) is 52.7 Å². The topological polar surface area (TPSA) is 278 Å². The van der Waals surface area contributed by atoms with Gasteiger partial charge in [0.05, 0.1) is 0 Å². The van der Waals surface area contributed by atoms with E-state index in [1.165, 1.54) is 0 Å². The maximum Gasteiger partial charge on any atom is 0.631 e. The van der Waals surface area contributed by atoms with Gasteiger partial charge in [0.1, 0.15) is 0 Å². The molecule has 0 aromatic heterocycles. The van der Waals surface area contributed by atoms with Crippen molar-refractivity contribution in [3.8, 4) is 0 Å². The maximum absolute atomic E-state index is 10.7. The number of hydrogen-bond acceptors (Lipinski definition) is 11. The number of alkyl halides is 12. The van der Waals surface area contributed by atoms with Crippen LogP contribution in [0.2, 0.25) is 0 Å². The van der Waals surface area contributed by atoms with E-state index in [-0.39, 0.29) is 168 Å². The molecule has 0 fully saturated rings. The lowest BCUT2D eigenvalue weighted by Gasteiger charge is -1.97. The maximum atomic E-state index is 10.7. The fourth-order valence-electron chi connectivity index (χ4n) is 0. The van der Waals surface area contributed by atoms with Crippen LogP contribution < -0.4 is 0 Å². The molecule has 0 amide bonds. The molecule has 0 aliphatic rings. The fourth-order valence-corrected chi connectivity index (χ4v) is 0. The lowest BCUT2D eigenvalue weighted by molar-refractivity contribution is -0.0514. The Kier molecular flexibility index (Phi) is 57.8. The second-order valence-electron chi connectivity index (χ2n) is 4.03. The Morgan fingerprint density at radius 2 is 0.349 bits per heavy atom. The third kappa shape index (κ3) is 55.5. The van der Waals surface area contributed by atoms with E-state index in [0.717, 1.165) is 0 Å². The summed E-state index contributed by atoms with van der Waals surface area (Å²) in [6, 6.07) is 0. The van der Waals surface area contributed by atoms with Gasteiger partial charge >= 0.3 is 69.8 Å². The predicted molar refractivity (Wildman–Crippen MR) is 191 cm³/mol. The van der Waals surface area contributed by atoms with Crippen molar-refractivity contribution in [1.82, 2.24) is 0 Å². The minimum atomic E-state index is -5.84. The lowest BCUT2D eigenvalue weighted by atomic mass is 10.3. The summed E-state index contributed by atoms with van der Waals surface area (Å²) in [5.41, 5.74) is -22.1. The van der Waals surface area contributed by atoms with Gasteiger partial charge in [0.2, 0.25) is 0 Å². The summed E-state index contributed by atoms with van der Waals surface area (Å²) >= 11 is 0. The first-order valence-electron chi connectivity index (χ1n) is 5.92. The average molecular weight is 1560 g/mol. The van der Waals surface area contributed by atoms with Crippen LogP contribution in [0, 0.1) is 0 Å². The van der Waals surface area contributed by atoms with Crippen LogP contribution in [0.4, 0.5) is 52.7 Å². The molecule has 0 aromatic carbocycles. The van der Waals surface area contributed by atoms with Crippen LogP contribution in [0.1, 0.15) is 0 Å². The molecule has 0 atom stereocenters. The lowest BCUT2D eigenvalue weighted by Crippen LogP contribution is -2.21. The van der Waals surface area contributed by atoms with Crippen molar-refractivity contribution >= 4 is 216 Å². The molecule has 0 aromatic rings. The molecule has 43 heavy (non-hydrogen) atoms. The molecule has 0 saturated heterocycles. The highest BCUT2D eigenvalue weighted by molar-refractivity contribution is 14.0. The van der Waals surface area contributed by atoms with E-state index in [1.807, 2.05) is 0 Å². The van der Waals surface area contributed by atoms with Gasteiger partial charge in [-0.3, -0.25) is 18.2 Å². The third-order valence-corrected chi connectivity index (χ3v) is 3.51. The zero-order valence-corrected chi connectivity index (χ0v) is 37.6. The Hall–Kier alpha value is 3.85. The molecule has 0 saturated carbocycles. The van der Waals surface area contributed by atoms with Gasteiger partial charge in [-0.15, -0.1) is 168 Å². The van der Waals surface area contributed by atoms with Crippen molar-refractivity contribution in [3.05, 3.63) is 0 Å². The zero-order valence-electron chi connectivity index (χ0n) is 18.0. The third-order valence-electron chi connectivity index (χ3n) is 1.17. The van der Waals surface area contributed by atoms with E-state index in [4.69, 9.17) is 67.0 Å². The predicted octanol–water partition coefficient (Wildman–Crippen LogP) is 3.85. The Bertz CT molecular complexity index is 902. The molecule has 280 valence electrons. The SMILES string of the molecule is I.I.I.I.I.I.I.O=S(=O)(O)C(F)(F)F.O=S(=O)(O)C(F)(F)F.O=S(=O)(O)C(F)(F)F.O=S(=O)(O)C(F)(F)F.OB(O)O. The molecule has 0 aliphatic heterocycles. The second-order valence-corrected chi connectivity index (χ2v) is 9.68. The Morgan fingerprint density at radius 1 is 0.326 bits per heavy atom. The van der Waals surface area contributed by atoms with E-state index in [2.05, 4.69) is 0 Å². The fraction of sp³-hybridized carbons (Fsp3) is 1.00. The summed E-state index contributed by atoms with van der Waals surface area (Å²) in [6.45, 7) is 0. The smallest absolute Gasteiger partial charge is 0.402 e. The minimum Gasteiger partial charge on any atom is -0.402 e. The van der Waals surface area contributed by atoms with Crippen molar-refractivity contribution in [2.75, 3.05) is 0 Å². The molecule has 7 N–H and O–H groups in total. The van der Waals surface area contributed by atoms with Gasteiger partial charge in [0.15, 0.2) is 0 Å². The highest BCUT2D eigenvalue weighted by atomic mass is 127. The molecule has 0 radical (unpaired) electrons. The summed E-state index contributed by atoms with van der Waals surface area (Å²) in [5, 5.41) is 21.5. The Labute approximate surface area is 352 Å². The van der Waals surface area contributed by atoms with Crippen LogP contribution in [0.5, 0.6) is 0 Å². The van der Waals surface area contributed by atoms with Gasteiger partial charge < -0.3 is 15.1 Å². The van der Waals surface area contributed by atoms with E-state index in [0.29, 0.717) is 0 Å². The highest BCUT2D eigenvalue weighted by Gasteiger charge is 2.46. The van der Waals surface area contributed by atoms with Gasteiger partial charge in [0.25, 0.3) is 0 Å². The first kappa shape index (κ1) is 81.1. The van der Waals surface area contributed by atoms with Crippen molar-refractivity contribution in [2.45, 2.75) is 22.0 Å². The Morgan fingerprint density at radius 3 is 0.349 bits per heavy atom. The summed E-state index contributed by atoms with van der Waals surface area (Å²) in [6.07, 6.45) is 0. The summed E-state index contributed by atoms with van der Waals surface area (Å²) in [5.74, 6) is 0. The quantitative estimate of drug-likeness (QED) is 0.0597. The Balaban J connectivity index is -0.0000000272. The van der Waals surface area contributed by atoms with Crippen molar-refractivity contribution < 1.29 is 120 Å². The summed E-state index contributed by atoms with van der Waals surface area (Å²) < 4.78 is 230. The molecular weight excluding hydrogens is 1540 g/mol. The molecule has 0 rings (SSSR count). The molecular formula is C4H14BF12I7O15S4.